The zero-order chi connectivity index (χ0) is 17.4. The number of benzene rings is 1. The van der Waals surface area contributed by atoms with Crippen molar-refractivity contribution >= 4 is 5.97 Å². The minimum atomic E-state index is -0.951. The molecule has 0 atom stereocenters. The summed E-state index contributed by atoms with van der Waals surface area (Å²) in [6.07, 6.45) is 1.75. The third-order valence-electron chi connectivity index (χ3n) is 4.28. The number of carboxylic acids is 1. The van der Waals surface area contributed by atoms with Crippen LogP contribution in [0.5, 0.6) is 5.75 Å². The summed E-state index contributed by atoms with van der Waals surface area (Å²) in [5.41, 5.74) is 1.32. The molecule has 6 heteroatoms. The standard InChI is InChI=1S/C18H28N2O4/c1-19-7-9-20(10-8-19)14-15-5-6-16(18(21)22)17(13-15)24-12-4-3-11-23-2/h5-6,13H,3-4,7-12,14H2,1-2H3,(H,21,22). The molecule has 1 aromatic rings. The minimum absolute atomic E-state index is 0.226. The zero-order valence-electron chi connectivity index (χ0n) is 14.7. The molecule has 0 saturated carbocycles. The molecule has 1 aromatic carbocycles. The maximum atomic E-state index is 11.4. The highest BCUT2D eigenvalue weighted by molar-refractivity contribution is 5.91. The molecular formula is C18H28N2O4. The Kier molecular flexibility index (Phi) is 7.49. The Hall–Kier alpha value is -1.63. The van der Waals surface area contributed by atoms with E-state index in [1.54, 1.807) is 13.2 Å². The molecule has 0 aliphatic carbocycles. The van der Waals surface area contributed by atoms with E-state index in [0.29, 0.717) is 19.0 Å². The number of likely N-dealkylation sites (N-methyl/N-ethyl adjacent to an activating group) is 1. The zero-order valence-corrected chi connectivity index (χ0v) is 14.7. The van der Waals surface area contributed by atoms with E-state index in [-0.39, 0.29) is 5.56 Å². The number of hydrogen-bond acceptors (Lipinski definition) is 5. The first kappa shape index (κ1) is 18.7. The molecule has 2 rings (SSSR count). The Labute approximate surface area is 144 Å². The predicted molar refractivity (Wildman–Crippen MR) is 92.8 cm³/mol. The summed E-state index contributed by atoms with van der Waals surface area (Å²) in [7, 11) is 3.81. The molecule has 1 fully saturated rings. The lowest BCUT2D eigenvalue weighted by atomic mass is 10.1. The van der Waals surface area contributed by atoms with Crippen LogP contribution in [0.25, 0.3) is 0 Å². The van der Waals surface area contributed by atoms with Gasteiger partial charge in [0, 0.05) is 46.4 Å². The minimum Gasteiger partial charge on any atom is -0.493 e. The van der Waals surface area contributed by atoms with Gasteiger partial charge in [0.15, 0.2) is 0 Å². The van der Waals surface area contributed by atoms with Gasteiger partial charge in [0.1, 0.15) is 11.3 Å². The molecule has 0 spiro atoms. The van der Waals surface area contributed by atoms with Crippen molar-refractivity contribution in [3.63, 3.8) is 0 Å². The van der Waals surface area contributed by atoms with Gasteiger partial charge in [-0.2, -0.15) is 0 Å². The van der Waals surface area contributed by atoms with Gasteiger partial charge in [0.05, 0.1) is 6.61 Å². The van der Waals surface area contributed by atoms with E-state index in [1.807, 2.05) is 12.1 Å². The number of nitrogens with zero attached hydrogens (tertiary/aromatic N) is 2. The van der Waals surface area contributed by atoms with Crippen molar-refractivity contribution in [2.75, 3.05) is 53.6 Å². The molecule has 6 nitrogen and oxygen atoms in total. The first-order valence-corrected chi connectivity index (χ1v) is 8.49. The van der Waals surface area contributed by atoms with Crippen LogP contribution < -0.4 is 4.74 Å². The normalized spacial score (nSPS) is 16.2. The molecule has 0 unspecified atom stereocenters. The van der Waals surface area contributed by atoms with Crippen LogP contribution in [0, 0.1) is 0 Å². The van der Waals surface area contributed by atoms with Gasteiger partial charge >= 0.3 is 5.97 Å². The summed E-state index contributed by atoms with van der Waals surface area (Å²) >= 11 is 0. The van der Waals surface area contributed by atoms with E-state index in [2.05, 4.69) is 16.8 Å². The third kappa shape index (κ3) is 5.78. The van der Waals surface area contributed by atoms with Gasteiger partial charge < -0.3 is 19.5 Å². The van der Waals surface area contributed by atoms with Gasteiger partial charge in [0.2, 0.25) is 0 Å². The van der Waals surface area contributed by atoms with Crippen LogP contribution in [0.3, 0.4) is 0 Å². The van der Waals surface area contributed by atoms with Gasteiger partial charge in [-0.05, 0) is 37.6 Å². The number of carboxylic acid groups (broad SMARTS) is 1. The Morgan fingerprint density at radius 3 is 2.54 bits per heavy atom. The molecule has 134 valence electrons. The smallest absolute Gasteiger partial charge is 0.339 e. The van der Waals surface area contributed by atoms with Gasteiger partial charge in [-0.3, -0.25) is 4.90 Å². The quantitative estimate of drug-likeness (QED) is 0.696. The molecule has 0 radical (unpaired) electrons. The highest BCUT2D eigenvalue weighted by atomic mass is 16.5. The summed E-state index contributed by atoms with van der Waals surface area (Å²) in [5.74, 6) is -0.486. The second-order valence-corrected chi connectivity index (χ2v) is 6.26. The molecule has 24 heavy (non-hydrogen) atoms. The molecule has 1 heterocycles. The Morgan fingerprint density at radius 2 is 1.88 bits per heavy atom. The maximum absolute atomic E-state index is 11.4. The van der Waals surface area contributed by atoms with Crippen LogP contribution in [-0.2, 0) is 11.3 Å². The highest BCUT2D eigenvalue weighted by Gasteiger charge is 2.16. The van der Waals surface area contributed by atoms with Gasteiger partial charge in [-0.15, -0.1) is 0 Å². The van der Waals surface area contributed by atoms with Gasteiger partial charge in [0.25, 0.3) is 0 Å². The Morgan fingerprint density at radius 1 is 1.17 bits per heavy atom. The van der Waals surface area contributed by atoms with E-state index < -0.39 is 5.97 Å². The average Bonchev–Trinajstić information content (AvgIpc) is 2.57. The highest BCUT2D eigenvalue weighted by Crippen LogP contribution is 2.22. The summed E-state index contributed by atoms with van der Waals surface area (Å²) in [6.45, 7) is 6.22. The van der Waals surface area contributed by atoms with Crippen molar-refractivity contribution in [1.29, 1.82) is 0 Å². The second kappa shape index (κ2) is 9.61. The summed E-state index contributed by atoms with van der Waals surface area (Å²) in [5, 5.41) is 9.33. The van der Waals surface area contributed by atoms with Crippen molar-refractivity contribution in [2.24, 2.45) is 0 Å². The van der Waals surface area contributed by atoms with E-state index >= 15 is 0 Å². The summed E-state index contributed by atoms with van der Waals surface area (Å²) in [6, 6.07) is 5.41. The summed E-state index contributed by atoms with van der Waals surface area (Å²) < 4.78 is 10.7. The van der Waals surface area contributed by atoms with Gasteiger partial charge in [-0.1, -0.05) is 6.07 Å². The lowest BCUT2D eigenvalue weighted by Gasteiger charge is -2.32. The van der Waals surface area contributed by atoms with E-state index in [1.165, 1.54) is 0 Å². The molecule has 0 aromatic heterocycles. The van der Waals surface area contributed by atoms with Crippen LogP contribution in [0.2, 0.25) is 0 Å². The van der Waals surface area contributed by atoms with E-state index in [4.69, 9.17) is 9.47 Å². The maximum Gasteiger partial charge on any atom is 0.339 e. The molecular weight excluding hydrogens is 308 g/mol. The monoisotopic (exact) mass is 336 g/mol. The first-order chi connectivity index (χ1) is 11.6. The van der Waals surface area contributed by atoms with Crippen LogP contribution in [0.1, 0.15) is 28.8 Å². The molecule has 1 aliphatic heterocycles. The molecule has 1 saturated heterocycles. The molecule has 0 bridgehead atoms. The van der Waals surface area contributed by atoms with Crippen LogP contribution in [0.15, 0.2) is 18.2 Å². The summed E-state index contributed by atoms with van der Waals surface area (Å²) in [4.78, 5) is 16.1. The second-order valence-electron chi connectivity index (χ2n) is 6.26. The average molecular weight is 336 g/mol. The van der Waals surface area contributed by atoms with Crippen molar-refractivity contribution in [2.45, 2.75) is 19.4 Å². The van der Waals surface area contributed by atoms with Crippen LogP contribution >= 0.6 is 0 Å². The topological polar surface area (TPSA) is 62.2 Å². The molecule has 0 amide bonds. The molecule has 1 aliphatic rings. The largest absolute Gasteiger partial charge is 0.493 e. The van der Waals surface area contributed by atoms with Crippen molar-refractivity contribution in [3.8, 4) is 5.75 Å². The first-order valence-electron chi connectivity index (χ1n) is 8.49. The number of unbranched alkanes of at least 4 members (excludes halogenated alkanes) is 1. The predicted octanol–water partition coefficient (Wildman–Crippen LogP) is 1.94. The lowest BCUT2D eigenvalue weighted by Crippen LogP contribution is -2.43. The SMILES string of the molecule is COCCCCOc1cc(CN2CCN(C)CC2)ccc1C(=O)O. The number of methoxy groups -OCH3 is 1. The molecule has 1 N–H and O–H groups in total. The van der Waals surface area contributed by atoms with Crippen LogP contribution in [-0.4, -0.2) is 74.4 Å². The number of piperazine rings is 1. The third-order valence-corrected chi connectivity index (χ3v) is 4.28. The Balaban J connectivity index is 1.96. The van der Waals surface area contributed by atoms with Crippen molar-refractivity contribution < 1.29 is 19.4 Å². The van der Waals surface area contributed by atoms with Crippen molar-refractivity contribution in [3.05, 3.63) is 29.3 Å². The number of carbonyl (C=O) groups is 1. The fourth-order valence-electron chi connectivity index (χ4n) is 2.76. The van der Waals surface area contributed by atoms with Crippen molar-refractivity contribution in [1.82, 2.24) is 9.80 Å². The number of rotatable bonds is 9. The Bertz CT molecular complexity index is 528. The van der Waals surface area contributed by atoms with E-state index in [0.717, 1.165) is 51.1 Å². The van der Waals surface area contributed by atoms with Gasteiger partial charge in [-0.25, -0.2) is 4.79 Å². The fourth-order valence-corrected chi connectivity index (χ4v) is 2.76. The number of hydrogen-bond donors (Lipinski definition) is 1. The van der Waals surface area contributed by atoms with E-state index in [9.17, 15) is 9.90 Å². The number of aromatic carboxylic acids is 1. The van der Waals surface area contributed by atoms with Crippen LogP contribution in [0.4, 0.5) is 0 Å². The lowest BCUT2D eigenvalue weighted by molar-refractivity contribution is 0.0692. The number of ether oxygens (including phenoxy) is 2. The fraction of sp³-hybridized carbons (Fsp3) is 0.611.